The summed E-state index contributed by atoms with van der Waals surface area (Å²) in [5.74, 6) is 0. The SMILES string of the molecule is CN(C)S(=O)(=O)N1CCCC[C@@H](NC2CCCCC2)C1. The van der Waals surface area contributed by atoms with Crippen LogP contribution in [0.4, 0.5) is 0 Å². The lowest BCUT2D eigenvalue weighted by Crippen LogP contribution is -2.49. The van der Waals surface area contributed by atoms with Crippen molar-refractivity contribution in [1.82, 2.24) is 13.9 Å². The van der Waals surface area contributed by atoms with Crippen LogP contribution in [0.5, 0.6) is 0 Å². The second-order valence-corrected chi connectivity index (χ2v) is 8.48. The summed E-state index contributed by atoms with van der Waals surface area (Å²) in [4.78, 5) is 0. The van der Waals surface area contributed by atoms with E-state index in [-0.39, 0.29) is 0 Å². The first-order valence-corrected chi connectivity index (χ1v) is 9.33. The highest BCUT2D eigenvalue weighted by Gasteiger charge is 2.30. The zero-order valence-corrected chi connectivity index (χ0v) is 13.7. The lowest BCUT2D eigenvalue weighted by atomic mass is 9.94. The number of nitrogens with one attached hydrogen (secondary N) is 1. The first-order valence-electron chi connectivity index (χ1n) is 7.94. The Kier molecular flexibility index (Phi) is 5.84. The maximum absolute atomic E-state index is 12.3. The van der Waals surface area contributed by atoms with Crippen LogP contribution in [0.3, 0.4) is 0 Å². The number of nitrogens with zero attached hydrogens (tertiary/aromatic N) is 2. The van der Waals surface area contributed by atoms with Crippen molar-refractivity contribution in [3.8, 4) is 0 Å². The minimum absolute atomic E-state index is 0.315. The fraction of sp³-hybridized carbons (Fsp3) is 1.00. The molecule has 1 aliphatic heterocycles. The van der Waals surface area contributed by atoms with Crippen LogP contribution >= 0.6 is 0 Å². The quantitative estimate of drug-likeness (QED) is 0.858. The van der Waals surface area contributed by atoms with Gasteiger partial charge in [0, 0.05) is 39.3 Å². The molecule has 0 amide bonds. The van der Waals surface area contributed by atoms with Gasteiger partial charge in [0.25, 0.3) is 10.2 Å². The molecule has 1 atom stereocenters. The molecule has 0 radical (unpaired) electrons. The molecule has 1 saturated carbocycles. The molecule has 2 aliphatic rings. The molecule has 118 valence electrons. The summed E-state index contributed by atoms with van der Waals surface area (Å²) in [6.45, 7) is 1.28. The zero-order valence-electron chi connectivity index (χ0n) is 12.8. The van der Waals surface area contributed by atoms with Gasteiger partial charge < -0.3 is 5.32 Å². The Labute approximate surface area is 123 Å². The van der Waals surface area contributed by atoms with Crippen LogP contribution in [0, 0.1) is 0 Å². The summed E-state index contributed by atoms with van der Waals surface area (Å²) < 4.78 is 27.6. The van der Waals surface area contributed by atoms with Gasteiger partial charge in [-0.25, -0.2) is 0 Å². The van der Waals surface area contributed by atoms with Gasteiger partial charge in [0.2, 0.25) is 0 Å². The molecule has 0 aromatic heterocycles. The Hall–Kier alpha value is -0.170. The van der Waals surface area contributed by atoms with Crippen molar-refractivity contribution < 1.29 is 8.42 Å². The second-order valence-electron chi connectivity index (χ2n) is 6.34. The minimum atomic E-state index is -3.27. The van der Waals surface area contributed by atoms with E-state index in [4.69, 9.17) is 0 Å². The monoisotopic (exact) mass is 303 g/mol. The number of hydrogen-bond donors (Lipinski definition) is 1. The molecule has 1 N–H and O–H groups in total. The highest BCUT2D eigenvalue weighted by molar-refractivity contribution is 7.86. The van der Waals surface area contributed by atoms with Crippen molar-refractivity contribution >= 4 is 10.2 Å². The summed E-state index contributed by atoms with van der Waals surface area (Å²) in [5, 5.41) is 3.71. The van der Waals surface area contributed by atoms with Gasteiger partial charge in [-0.2, -0.15) is 17.0 Å². The van der Waals surface area contributed by atoms with E-state index < -0.39 is 10.2 Å². The highest BCUT2D eigenvalue weighted by Crippen LogP contribution is 2.21. The number of rotatable bonds is 4. The fourth-order valence-corrected chi connectivity index (χ4v) is 4.48. The summed E-state index contributed by atoms with van der Waals surface area (Å²) >= 11 is 0. The third kappa shape index (κ3) is 4.16. The van der Waals surface area contributed by atoms with E-state index in [1.807, 2.05) is 0 Å². The predicted molar refractivity (Wildman–Crippen MR) is 81.8 cm³/mol. The van der Waals surface area contributed by atoms with Crippen LogP contribution in [0.15, 0.2) is 0 Å². The zero-order chi connectivity index (χ0) is 14.6. The molecule has 5 nitrogen and oxygen atoms in total. The summed E-state index contributed by atoms with van der Waals surface area (Å²) in [7, 11) is -0.0406. The van der Waals surface area contributed by atoms with Crippen molar-refractivity contribution in [2.24, 2.45) is 0 Å². The molecule has 1 heterocycles. The fourth-order valence-electron chi connectivity index (χ4n) is 3.29. The van der Waals surface area contributed by atoms with Gasteiger partial charge >= 0.3 is 0 Å². The van der Waals surface area contributed by atoms with E-state index in [9.17, 15) is 8.42 Å². The average Bonchev–Trinajstić information content (AvgIpc) is 2.66. The van der Waals surface area contributed by atoms with E-state index >= 15 is 0 Å². The highest BCUT2D eigenvalue weighted by atomic mass is 32.2. The van der Waals surface area contributed by atoms with E-state index in [0.29, 0.717) is 25.2 Å². The molecule has 1 saturated heterocycles. The first kappa shape index (κ1) is 16.2. The van der Waals surface area contributed by atoms with E-state index in [2.05, 4.69) is 5.32 Å². The lowest BCUT2D eigenvalue weighted by molar-refractivity contribution is 0.296. The van der Waals surface area contributed by atoms with Gasteiger partial charge in [-0.15, -0.1) is 0 Å². The Morgan fingerprint density at radius 3 is 2.20 bits per heavy atom. The van der Waals surface area contributed by atoms with Crippen molar-refractivity contribution in [2.45, 2.75) is 63.5 Å². The molecule has 0 bridgehead atoms. The molecule has 0 aromatic carbocycles. The molecule has 20 heavy (non-hydrogen) atoms. The van der Waals surface area contributed by atoms with E-state index in [1.54, 1.807) is 18.4 Å². The largest absolute Gasteiger partial charge is 0.310 e. The number of hydrogen-bond acceptors (Lipinski definition) is 3. The van der Waals surface area contributed by atoms with Crippen molar-refractivity contribution in [1.29, 1.82) is 0 Å². The van der Waals surface area contributed by atoms with E-state index in [0.717, 1.165) is 19.3 Å². The summed E-state index contributed by atoms with van der Waals surface area (Å²) in [6.07, 6.45) is 9.64. The van der Waals surface area contributed by atoms with Crippen LogP contribution in [-0.2, 0) is 10.2 Å². The van der Waals surface area contributed by atoms with Crippen molar-refractivity contribution in [3.05, 3.63) is 0 Å². The molecule has 0 spiro atoms. The molecule has 0 unspecified atom stereocenters. The van der Waals surface area contributed by atoms with Gasteiger partial charge in [-0.3, -0.25) is 0 Å². The Morgan fingerprint density at radius 2 is 1.55 bits per heavy atom. The van der Waals surface area contributed by atoms with Gasteiger partial charge in [0.1, 0.15) is 0 Å². The van der Waals surface area contributed by atoms with Crippen LogP contribution < -0.4 is 5.32 Å². The van der Waals surface area contributed by atoms with Crippen LogP contribution in [0.25, 0.3) is 0 Å². The van der Waals surface area contributed by atoms with Gasteiger partial charge in [-0.05, 0) is 25.7 Å². The molecule has 6 heteroatoms. The predicted octanol–water partition coefficient (Wildman–Crippen LogP) is 1.57. The smallest absolute Gasteiger partial charge is 0.281 e. The third-order valence-corrected chi connectivity index (χ3v) is 6.41. The Bertz CT molecular complexity index is 391. The Balaban J connectivity index is 1.96. The maximum Gasteiger partial charge on any atom is 0.281 e. The minimum Gasteiger partial charge on any atom is -0.310 e. The van der Waals surface area contributed by atoms with Crippen molar-refractivity contribution in [3.63, 3.8) is 0 Å². The standard InChI is InChI=1S/C14H29N3O2S/c1-16(2)20(18,19)17-11-7-6-10-14(12-17)15-13-8-4-3-5-9-13/h13-15H,3-12H2,1-2H3/t14-/m1/s1. The Morgan fingerprint density at radius 1 is 0.950 bits per heavy atom. The van der Waals surface area contributed by atoms with Crippen molar-refractivity contribution in [2.75, 3.05) is 27.2 Å². The third-order valence-electron chi connectivity index (χ3n) is 4.50. The average molecular weight is 303 g/mol. The topological polar surface area (TPSA) is 52.7 Å². The van der Waals surface area contributed by atoms with Gasteiger partial charge in [0.15, 0.2) is 0 Å². The molecule has 2 fully saturated rings. The second kappa shape index (κ2) is 7.20. The van der Waals surface area contributed by atoms with Crippen LogP contribution in [0.2, 0.25) is 0 Å². The van der Waals surface area contributed by atoms with Gasteiger partial charge in [0.05, 0.1) is 0 Å². The maximum atomic E-state index is 12.3. The van der Waals surface area contributed by atoms with Crippen LogP contribution in [0.1, 0.15) is 51.4 Å². The molecule has 1 aliphatic carbocycles. The van der Waals surface area contributed by atoms with Crippen LogP contribution in [-0.4, -0.2) is 56.3 Å². The first-order chi connectivity index (χ1) is 9.50. The van der Waals surface area contributed by atoms with E-state index in [1.165, 1.54) is 36.4 Å². The molecule has 0 aromatic rings. The normalized spacial score (nSPS) is 27.6. The van der Waals surface area contributed by atoms with Gasteiger partial charge in [-0.1, -0.05) is 25.7 Å². The summed E-state index contributed by atoms with van der Waals surface area (Å²) in [6, 6.07) is 0.908. The summed E-state index contributed by atoms with van der Waals surface area (Å²) in [5.41, 5.74) is 0. The molecular weight excluding hydrogens is 274 g/mol. The molecular formula is C14H29N3O2S. The molecule has 2 rings (SSSR count). The lowest BCUT2D eigenvalue weighted by Gasteiger charge is -2.31.